The Morgan fingerprint density at radius 3 is 2.97 bits per heavy atom. The first-order valence-corrected chi connectivity index (χ1v) is 10.7. The molecule has 1 atom stereocenters. The number of H-pyrrole nitrogens is 1. The van der Waals surface area contributed by atoms with Crippen molar-refractivity contribution in [3.8, 4) is 22.8 Å². The molecular formula is C24H24N4O3. The predicted molar refractivity (Wildman–Crippen MR) is 117 cm³/mol. The van der Waals surface area contributed by atoms with Crippen molar-refractivity contribution in [3.63, 3.8) is 0 Å². The van der Waals surface area contributed by atoms with Gasteiger partial charge in [0, 0.05) is 35.8 Å². The quantitative estimate of drug-likeness (QED) is 0.521. The molecule has 0 fully saturated rings. The second-order valence-corrected chi connectivity index (χ2v) is 7.95. The Labute approximate surface area is 180 Å². The van der Waals surface area contributed by atoms with Gasteiger partial charge in [-0.15, -0.1) is 0 Å². The Hall–Kier alpha value is -3.29. The topological polar surface area (TPSA) is 73.3 Å². The van der Waals surface area contributed by atoms with E-state index in [-0.39, 0.29) is 6.10 Å². The number of ether oxygens (including phenoxy) is 3. The normalized spacial score (nSPS) is 17.6. The van der Waals surface area contributed by atoms with Gasteiger partial charge in [-0.05, 0) is 29.8 Å². The Morgan fingerprint density at radius 1 is 1.10 bits per heavy atom. The maximum atomic E-state index is 6.05. The summed E-state index contributed by atoms with van der Waals surface area (Å²) in [6.45, 7) is 4.04. The molecule has 6 rings (SSSR count). The van der Waals surface area contributed by atoms with Gasteiger partial charge in [-0.2, -0.15) is 0 Å². The fraction of sp³-hybridized carbons (Fsp3) is 0.292. The molecule has 7 nitrogen and oxygen atoms in total. The van der Waals surface area contributed by atoms with Crippen LogP contribution in [0.5, 0.6) is 11.5 Å². The molecule has 0 spiro atoms. The number of nitrogens with one attached hydrogen (secondary N) is 2. The standard InChI is InChI=1S/C24H24N4O3/c1-2-4-20-19(3-1)17(11-26-20)10-25-12-18-14-28-21(13-27-24(28)15-31-18)16-5-6-22-23(9-16)30-8-7-29-22/h1-6,9,11,13,18,25-26H,7-8,10,12,14-15H2/t18-/m0/s1. The average Bonchev–Trinajstić information content (AvgIpc) is 3.43. The van der Waals surface area contributed by atoms with Crippen molar-refractivity contribution in [3.05, 3.63) is 66.2 Å². The van der Waals surface area contributed by atoms with Crippen LogP contribution in [0.4, 0.5) is 0 Å². The van der Waals surface area contributed by atoms with E-state index in [0.29, 0.717) is 19.8 Å². The first-order valence-electron chi connectivity index (χ1n) is 10.7. The van der Waals surface area contributed by atoms with E-state index < -0.39 is 0 Å². The van der Waals surface area contributed by atoms with E-state index in [2.05, 4.69) is 50.3 Å². The fourth-order valence-electron chi connectivity index (χ4n) is 4.38. The van der Waals surface area contributed by atoms with E-state index >= 15 is 0 Å². The van der Waals surface area contributed by atoms with Crippen molar-refractivity contribution in [2.24, 2.45) is 0 Å². The van der Waals surface area contributed by atoms with Crippen LogP contribution in [-0.4, -0.2) is 40.4 Å². The van der Waals surface area contributed by atoms with Crippen LogP contribution in [0.25, 0.3) is 22.2 Å². The van der Waals surface area contributed by atoms with Crippen LogP contribution in [0, 0.1) is 0 Å². The minimum Gasteiger partial charge on any atom is -0.486 e. The van der Waals surface area contributed by atoms with E-state index in [1.807, 2.05) is 24.4 Å². The number of para-hydroxylation sites is 1. The van der Waals surface area contributed by atoms with Crippen LogP contribution in [0.1, 0.15) is 11.4 Å². The third-order valence-corrected chi connectivity index (χ3v) is 5.97. The summed E-state index contributed by atoms with van der Waals surface area (Å²) in [5, 5.41) is 4.82. The van der Waals surface area contributed by atoms with Crippen molar-refractivity contribution in [1.82, 2.24) is 19.9 Å². The Kier molecular flexibility index (Phi) is 4.62. The molecule has 0 bridgehead atoms. The zero-order chi connectivity index (χ0) is 20.6. The highest BCUT2D eigenvalue weighted by Gasteiger charge is 2.23. The predicted octanol–water partition coefficient (Wildman–Crippen LogP) is 3.49. The zero-order valence-corrected chi connectivity index (χ0v) is 17.1. The molecule has 2 aromatic carbocycles. The number of rotatable bonds is 5. The Balaban J connectivity index is 1.15. The summed E-state index contributed by atoms with van der Waals surface area (Å²) in [5.74, 6) is 2.55. The maximum absolute atomic E-state index is 6.05. The number of imidazole rings is 1. The number of hydrogen-bond donors (Lipinski definition) is 2. The van der Waals surface area contributed by atoms with Crippen molar-refractivity contribution < 1.29 is 14.2 Å². The van der Waals surface area contributed by atoms with Gasteiger partial charge in [0.1, 0.15) is 25.6 Å². The largest absolute Gasteiger partial charge is 0.486 e. The van der Waals surface area contributed by atoms with Crippen LogP contribution in [0.3, 0.4) is 0 Å². The van der Waals surface area contributed by atoms with Gasteiger partial charge in [-0.3, -0.25) is 0 Å². The SMILES string of the molecule is c1ccc2c(CNC[C@H]3Cn4c(-c5ccc6c(c5)OCCO6)cnc4CO3)c[nH]c2c1. The zero-order valence-electron chi connectivity index (χ0n) is 17.1. The van der Waals surface area contributed by atoms with E-state index in [1.165, 1.54) is 16.5 Å². The molecule has 4 heterocycles. The van der Waals surface area contributed by atoms with Crippen LogP contribution < -0.4 is 14.8 Å². The molecule has 2 aliphatic heterocycles. The van der Waals surface area contributed by atoms with Crippen LogP contribution in [-0.2, 0) is 24.4 Å². The molecule has 4 aromatic rings. The summed E-state index contributed by atoms with van der Waals surface area (Å²) >= 11 is 0. The van der Waals surface area contributed by atoms with Crippen LogP contribution >= 0.6 is 0 Å². The molecule has 0 radical (unpaired) electrons. The molecule has 2 aromatic heterocycles. The summed E-state index contributed by atoms with van der Waals surface area (Å²) in [6.07, 6.45) is 4.09. The molecule has 31 heavy (non-hydrogen) atoms. The van der Waals surface area contributed by atoms with Gasteiger partial charge in [0.25, 0.3) is 0 Å². The molecule has 2 aliphatic rings. The Bertz CT molecular complexity index is 1230. The minimum atomic E-state index is 0.0860. The lowest BCUT2D eigenvalue weighted by Crippen LogP contribution is -2.36. The van der Waals surface area contributed by atoms with E-state index in [9.17, 15) is 0 Å². The van der Waals surface area contributed by atoms with Gasteiger partial charge >= 0.3 is 0 Å². The highest BCUT2D eigenvalue weighted by atomic mass is 16.6. The molecule has 7 heteroatoms. The molecule has 0 saturated heterocycles. The summed E-state index contributed by atoms with van der Waals surface area (Å²) in [7, 11) is 0. The van der Waals surface area contributed by atoms with Gasteiger partial charge in [0.05, 0.1) is 24.5 Å². The molecule has 0 amide bonds. The van der Waals surface area contributed by atoms with Gasteiger partial charge in [-0.1, -0.05) is 18.2 Å². The summed E-state index contributed by atoms with van der Waals surface area (Å²) in [6, 6.07) is 14.5. The third-order valence-electron chi connectivity index (χ3n) is 5.97. The van der Waals surface area contributed by atoms with Crippen molar-refractivity contribution in [1.29, 1.82) is 0 Å². The molecule has 0 aliphatic carbocycles. The number of nitrogens with zero attached hydrogens (tertiary/aromatic N) is 2. The number of hydrogen-bond acceptors (Lipinski definition) is 5. The van der Waals surface area contributed by atoms with Gasteiger partial charge in [0.2, 0.25) is 0 Å². The monoisotopic (exact) mass is 416 g/mol. The maximum Gasteiger partial charge on any atom is 0.162 e. The van der Waals surface area contributed by atoms with Gasteiger partial charge in [0.15, 0.2) is 11.5 Å². The lowest BCUT2D eigenvalue weighted by molar-refractivity contribution is 0.00327. The van der Waals surface area contributed by atoms with E-state index in [4.69, 9.17) is 14.2 Å². The number of aromatic amines is 1. The molecular weight excluding hydrogens is 392 g/mol. The third kappa shape index (κ3) is 3.45. The summed E-state index contributed by atoms with van der Waals surface area (Å²) in [4.78, 5) is 7.91. The van der Waals surface area contributed by atoms with Crippen molar-refractivity contribution in [2.45, 2.75) is 25.8 Å². The highest BCUT2D eigenvalue weighted by molar-refractivity contribution is 5.82. The Morgan fingerprint density at radius 2 is 2.00 bits per heavy atom. The smallest absolute Gasteiger partial charge is 0.162 e. The summed E-state index contributed by atoms with van der Waals surface area (Å²) in [5.41, 5.74) is 4.60. The number of benzene rings is 2. The molecule has 2 N–H and O–H groups in total. The molecule has 158 valence electrons. The van der Waals surface area contributed by atoms with Crippen LogP contribution in [0.15, 0.2) is 54.9 Å². The number of aromatic nitrogens is 3. The van der Waals surface area contributed by atoms with Crippen molar-refractivity contribution in [2.75, 3.05) is 19.8 Å². The number of fused-ring (bicyclic) bond motifs is 3. The minimum absolute atomic E-state index is 0.0860. The van der Waals surface area contributed by atoms with E-state index in [1.54, 1.807) is 0 Å². The second kappa shape index (κ2) is 7.76. The lowest BCUT2D eigenvalue weighted by Gasteiger charge is -2.26. The van der Waals surface area contributed by atoms with Crippen LogP contribution in [0.2, 0.25) is 0 Å². The average molecular weight is 416 g/mol. The lowest BCUT2D eigenvalue weighted by atomic mass is 10.1. The van der Waals surface area contributed by atoms with Gasteiger partial charge < -0.3 is 29.1 Å². The molecule has 0 saturated carbocycles. The highest BCUT2D eigenvalue weighted by Crippen LogP contribution is 2.35. The van der Waals surface area contributed by atoms with Crippen molar-refractivity contribution >= 4 is 10.9 Å². The summed E-state index contributed by atoms with van der Waals surface area (Å²) < 4.78 is 19.7. The van der Waals surface area contributed by atoms with E-state index in [0.717, 1.165) is 48.2 Å². The fourth-order valence-corrected chi connectivity index (χ4v) is 4.38. The molecule has 0 unspecified atom stereocenters. The van der Waals surface area contributed by atoms with Gasteiger partial charge in [-0.25, -0.2) is 4.98 Å². The second-order valence-electron chi connectivity index (χ2n) is 7.95. The first kappa shape index (κ1) is 18.5. The first-order chi connectivity index (χ1) is 15.3.